The lowest BCUT2D eigenvalue weighted by Crippen LogP contribution is -2.21. The highest BCUT2D eigenvalue weighted by molar-refractivity contribution is 5.08. The predicted octanol–water partition coefficient (Wildman–Crippen LogP) is 2.29. The van der Waals surface area contributed by atoms with Crippen LogP contribution >= 0.6 is 0 Å². The highest BCUT2D eigenvalue weighted by Gasteiger charge is 2.32. The normalized spacial score (nSPS) is 14.1. The van der Waals surface area contributed by atoms with Crippen LogP contribution in [0.1, 0.15) is 25.3 Å². The average molecular weight is 235 g/mol. The molecule has 0 radical (unpaired) electrons. The summed E-state index contributed by atoms with van der Waals surface area (Å²) in [6.07, 6.45) is -0.666. The molecule has 1 atom stereocenters. The lowest BCUT2D eigenvalue weighted by molar-refractivity contribution is -0.137. The molecule has 16 heavy (non-hydrogen) atoms. The van der Waals surface area contributed by atoms with Crippen molar-refractivity contribution >= 4 is 0 Å². The molecule has 1 N–H and O–H groups in total. The Morgan fingerprint density at radius 3 is 2.69 bits per heavy atom. The van der Waals surface area contributed by atoms with Gasteiger partial charge in [-0.2, -0.15) is 18.3 Å². The molecule has 0 saturated carbocycles. The van der Waals surface area contributed by atoms with Gasteiger partial charge in [0.2, 0.25) is 0 Å². The van der Waals surface area contributed by atoms with Crippen molar-refractivity contribution in [2.45, 2.75) is 38.5 Å². The third-order valence-corrected chi connectivity index (χ3v) is 2.48. The number of alkyl halides is 3. The van der Waals surface area contributed by atoms with Gasteiger partial charge >= 0.3 is 6.18 Å². The smallest absolute Gasteiger partial charge is 0.317 e. The Bertz CT molecular complexity index is 319. The van der Waals surface area contributed by atoms with Crippen LogP contribution in [0.2, 0.25) is 0 Å². The van der Waals surface area contributed by atoms with Gasteiger partial charge in [-0.1, -0.05) is 0 Å². The minimum absolute atomic E-state index is 0.373. The van der Waals surface area contributed by atoms with Gasteiger partial charge in [0.25, 0.3) is 0 Å². The van der Waals surface area contributed by atoms with E-state index in [4.69, 9.17) is 0 Å². The summed E-state index contributed by atoms with van der Waals surface area (Å²) in [6, 6.07) is 0.373. The highest BCUT2D eigenvalue weighted by atomic mass is 19.4. The Kier molecular flexibility index (Phi) is 4.35. The van der Waals surface area contributed by atoms with Crippen LogP contribution < -0.4 is 5.32 Å². The van der Waals surface area contributed by atoms with Gasteiger partial charge in [-0.05, 0) is 26.8 Å². The molecule has 0 saturated heterocycles. The van der Waals surface area contributed by atoms with E-state index in [1.807, 2.05) is 14.0 Å². The highest BCUT2D eigenvalue weighted by Crippen LogP contribution is 2.28. The summed E-state index contributed by atoms with van der Waals surface area (Å²) >= 11 is 0. The van der Waals surface area contributed by atoms with E-state index in [-0.39, 0.29) is 0 Å². The molecule has 92 valence electrons. The fourth-order valence-corrected chi connectivity index (χ4v) is 1.34. The molecule has 3 nitrogen and oxygen atoms in total. The molecule has 0 aliphatic carbocycles. The SMILES string of the molecule is CNC(C)CCCn1cc(C(F)(F)F)cn1. The lowest BCUT2D eigenvalue weighted by Gasteiger charge is -2.09. The van der Waals surface area contributed by atoms with Gasteiger partial charge in [-0.3, -0.25) is 4.68 Å². The Morgan fingerprint density at radius 2 is 2.19 bits per heavy atom. The molecule has 0 bridgehead atoms. The number of nitrogens with one attached hydrogen (secondary N) is 1. The molecule has 0 amide bonds. The van der Waals surface area contributed by atoms with Gasteiger partial charge in [0.1, 0.15) is 0 Å². The van der Waals surface area contributed by atoms with Crippen molar-refractivity contribution in [2.75, 3.05) is 7.05 Å². The van der Waals surface area contributed by atoms with Crippen molar-refractivity contribution in [3.8, 4) is 0 Å². The molecule has 1 heterocycles. The van der Waals surface area contributed by atoms with Gasteiger partial charge in [-0.25, -0.2) is 0 Å². The van der Waals surface area contributed by atoms with Crippen LogP contribution in [0.25, 0.3) is 0 Å². The number of aryl methyl sites for hydroxylation is 1. The van der Waals surface area contributed by atoms with Crippen molar-refractivity contribution < 1.29 is 13.2 Å². The summed E-state index contributed by atoms with van der Waals surface area (Å²) in [5, 5.41) is 6.75. The minimum Gasteiger partial charge on any atom is -0.317 e. The van der Waals surface area contributed by atoms with E-state index in [9.17, 15) is 13.2 Å². The second-order valence-electron chi connectivity index (χ2n) is 3.82. The number of aromatic nitrogens is 2. The number of nitrogens with zero attached hydrogens (tertiary/aromatic N) is 2. The molecule has 1 unspecified atom stereocenters. The summed E-state index contributed by atoms with van der Waals surface area (Å²) in [6.45, 7) is 2.55. The Labute approximate surface area is 92.6 Å². The first kappa shape index (κ1) is 13.0. The second kappa shape index (κ2) is 5.34. The van der Waals surface area contributed by atoms with E-state index in [0.29, 0.717) is 12.6 Å². The lowest BCUT2D eigenvalue weighted by atomic mass is 10.2. The summed E-state index contributed by atoms with van der Waals surface area (Å²) in [5.74, 6) is 0. The zero-order valence-corrected chi connectivity index (χ0v) is 9.38. The Morgan fingerprint density at radius 1 is 1.50 bits per heavy atom. The number of hydrogen-bond acceptors (Lipinski definition) is 2. The molecule has 1 aromatic rings. The molecule has 0 fully saturated rings. The first-order valence-electron chi connectivity index (χ1n) is 5.20. The van der Waals surface area contributed by atoms with Crippen molar-refractivity contribution in [1.82, 2.24) is 15.1 Å². The monoisotopic (exact) mass is 235 g/mol. The van der Waals surface area contributed by atoms with Gasteiger partial charge in [-0.15, -0.1) is 0 Å². The number of hydrogen-bond donors (Lipinski definition) is 1. The summed E-state index contributed by atoms with van der Waals surface area (Å²) in [5.41, 5.74) is -0.686. The summed E-state index contributed by atoms with van der Waals surface area (Å²) in [7, 11) is 1.86. The van der Waals surface area contributed by atoms with E-state index >= 15 is 0 Å². The molecule has 0 aliphatic rings. The maximum absolute atomic E-state index is 12.2. The van der Waals surface area contributed by atoms with Crippen molar-refractivity contribution in [3.63, 3.8) is 0 Å². The Hall–Kier alpha value is -1.04. The fraction of sp³-hybridized carbons (Fsp3) is 0.700. The van der Waals surface area contributed by atoms with Crippen molar-refractivity contribution in [1.29, 1.82) is 0 Å². The van der Waals surface area contributed by atoms with Crippen LogP contribution in [0, 0.1) is 0 Å². The maximum atomic E-state index is 12.2. The molecule has 1 rings (SSSR count). The molecule has 1 aromatic heterocycles. The quantitative estimate of drug-likeness (QED) is 0.848. The van der Waals surface area contributed by atoms with Crippen LogP contribution in [-0.2, 0) is 12.7 Å². The largest absolute Gasteiger partial charge is 0.419 e. The van der Waals surface area contributed by atoms with Crippen LogP contribution in [0.15, 0.2) is 12.4 Å². The zero-order valence-electron chi connectivity index (χ0n) is 9.38. The second-order valence-corrected chi connectivity index (χ2v) is 3.82. The van der Waals surface area contributed by atoms with Crippen molar-refractivity contribution in [2.24, 2.45) is 0 Å². The van der Waals surface area contributed by atoms with E-state index in [2.05, 4.69) is 10.4 Å². The maximum Gasteiger partial charge on any atom is 0.419 e. The molecular weight excluding hydrogens is 219 g/mol. The van der Waals surface area contributed by atoms with Gasteiger partial charge < -0.3 is 5.32 Å². The van der Waals surface area contributed by atoms with Gasteiger partial charge in [0, 0.05) is 18.8 Å². The van der Waals surface area contributed by atoms with Gasteiger partial charge in [0.15, 0.2) is 0 Å². The standard InChI is InChI=1S/C10H16F3N3/c1-8(14-2)4-3-5-16-7-9(6-15-16)10(11,12)13/h6-8,14H,3-5H2,1-2H3. The van der Waals surface area contributed by atoms with Crippen LogP contribution in [-0.4, -0.2) is 22.9 Å². The molecule has 0 aliphatic heterocycles. The third-order valence-electron chi connectivity index (χ3n) is 2.48. The van der Waals surface area contributed by atoms with Crippen molar-refractivity contribution in [3.05, 3.63) is 18.0 Å². The van der Waals surface area contributed by atoms with E-state index in [1.54, 1.807) is 0 Å². The van der Waals surface area contributed by atoms with Crippen LogP contribution in [0.4, 0.5) is 13.2 Å². The minimum atomic E-state index is -4.30. The molecule has 0 spiro atoms. The van der Waals surface area contributed by atoms with Crippen LogP contribution in [0.5, 0.6) is 0 Å². The Balaban J connectivity index is 2.41. The number of rotatable bonds is 5. The first-order chi connectivity index (χ1) is 7.43. The van der Waals surface area contributed by atoms with Gasteiger partial charge in [0.05, 0.1) is 11.8 Å². The first-order valence-corrected chi connectivity index (χ1v) is 5.20. The van der Waals surface area contributed by atoms with Crippen LogP contribution in [0.3, 0.4) is 0 Å². The molecular formula is C10H16F3N3. The fourth-order valence-electron chi connectivity index (χ4n) is 1.34. The molecule has 6 heteroatoms. The van der Waals surface area contributed by atoms with E-state index < -0.39 is 11.7 Å². The summed E-state index contributed by atoms with van der Waals surface area (Å²) < 4.78 is 38.1. The number of halogens is 3. The third kappa shape index (κ3) is 3.84. The van der Waals surface area contributed by atoms with E-state index in [0.717, 1.165) is 25.2 Å². The predicted molar refractivity (Wildman–Crippen MR) is 55.0 cm³/mol. The average Bonchev–Trinajstić information content (AvgIpc) is 2.65. The zero-order chi connectivity index (χ0) is 12.2. The topological polar surface area (TPSA) is 29.9 Å². The van der Waals surface area contributed by atoms with E-state index in [1.165, 1.54) is 4.68 Å². The molecule has 0 aromatic carbocycles. The summed E-state index contributed by atoms with van der Waals surface area (Å²) in [4.78, 5) is 0.